The first-order valence-corrected chi connectivity index (χ1v) is 9.45. The first-order valence-electron chi connectivity index (χ1n) is 8.64. The van der Waals surface area contributed by atoms with Crippen molar-refractivity contribution >= 4 is 39.1 Å². The van der Waals surface area contributed by atoms with Gasteiger partial charge in [-0.3, -0.25) is 9.78 Å². The van der Waals surface area contributed by atoms with E-state index in [0.29, 0.717) is 27.5 Å². The molecule has 0 saturated carbocycles. The van der Waals surface area contributed by atoms with Gasteiger partial charge in [0, 0.05) is 43.8 Å². The van der Waals surface area contributed by atoms with Crippen LogP contribution < -0.4 is 15.4 Å². The highest BCUT2D eigenvalue weighted by Gasteiger charge is 2.29. The molecule has 27 heavy (non-hydrogen) atoms. The molecule has 1 aliphatic heterocycles. The van der Waals surface area contributed by atoms with Crippen LogP contribution in [0.2, 0.25) is 0 Å². The Bertz CT molecular complexity index is 977. The predicted molar refractivity (Wildman–Crippen MR) is 105 cm³/mol. The monoisotopic (exact) mass is 384 g/mol. The third-order valence-corrected chi connectivity index (χ3v) is 5.71. The predicted octanol–water partition coefficient (Wildman–Crippen LogP) is 2.03. The number of hydrogen-bond acceptors (Lipinski definition) is 8. The molecule has 0 aliphatic carbocycles. The Morgan fingerprint density at radius 3 is 2.78 bits per heavy atom. The quantitative estimate of drug-likeness (QED) is 0.738. The number of hydrogen-bond donors (Lipinski definition) is 1. The van der Waals surface area contributed by atoms with E-state index in [4.69, 9.17) is 10.5 Å². The molecule has 0 bridgehead atoms. The highest BCUT2D eigenvalue weighted by atomic mass is 32.1. The molecule has 1 unspecified atom stereocenters. The Balaban J connectivity index is 1.56. The number of rotatable bonds is 3. The van der Waals surface area contributed by atoms with Gasteiger partial charge in [0.25, 0.3) is 5.91 Å². The van der Waals surface area contributed by atoms with Gasteiger partial charge in [0.2, 0.25) is 11.8 Å². The molecule has 0 aromatic carbocycles. The average molecular weight is 384 g/mol. The van der Waals surface area contributed by atoms with Gasteiger partial charge in [-0.05, 0) is 25.1 Å². The molecule has 1 saturated heterocycles. The zero-order valence-corrected chi connectivity index (χ0v) is 15.9. The van der Waals surface area contributed by atoms with Crippen molar-refractivity contribution in [1.82, 2.24) is 19.9 Å². The summed E-state index contributed by atoms with van der Waals surface area (Å²) in [6, 6.07) is 5.86. The standard InChI is InChI=1S/C18H20N6O2S/c1-11-10-23(12-3-5-20-6-4-12)7-8-24(11)17(25)14-9-13-15(26-2)21-18(19)22-16(13)27-14/h3-6,9,11H,7-8,10H2,1-2H3,(H2,19,21,22). The summed E-state index contributed by atoms with van der Waals surface area (Å²) in [6.45, 7) is 4.27. The van der Waals surface area contributed by atoms with Crippen molar-refractivity contribution in [2.24, 2.45) is 0 Å². The Morgan fingerprint density at radius 1 is 1.30 bits per heavy atom. The number of ether oxygens (including phenoxy) is 1. The Kier molecular flexibility index (Phi) is 4.53. The van der Waals surface area contributed by atoms with Gasteiger partial charge in [-0.25, -0.2) is 4.98 Å². The summed E-state index contributed by atoms with van der Waals surface area (Å²) in [6.07, 6.45) is 3.57. The van der Waals surface area contributed by atoms with Gasteiger partial charge in [0.1, 0.15) is 4.83 Å². The number of amides is 1. The van der Waals surface area contributed by atoms with Crippen molar-refractivity contribution in [3.8, 4) is 5.88 Å². The number of pyridine rings is 1. The lowest BCUT2D eigenvalue weighted by Gasteiger charge is -2.40. The van der Waals surface area contributed by atoms with Gasteiger partial charge in [0.15, 0.2) is 0 Å². The second-order valence-electron chi connectivity index (χ2n) is 6.42. The molecule has 3 aromatic heterocycles. The van der Waals surface area contributed by atoms with Crippen molar-refractivity contribution < 1.29 is 9.53 Å². The van der Waals surface area contributed by atoms with Crippen molar-refractivity contribution in [3.05, 3.63) is 35.5 Å². The summed E-state index contributed by atoms with van der Waals surface area (Å²) in [5.74, 6) is 0.531. The number of thiophene rings is 1. The van der Waals surface area contributed by atoms with E-state index in [1.165, 1.54) is 18.4 Å². The summed E-state index contributed by atoms with van der Waals surface area (Å²) in [4.78, 5) is 30.9. The smallest absolute Gasteiger partial charge is 0.264 e. The van der Waals surface area contributed by atoms with Gasteiger partial charge < -0.3 is 20.3 Å². The molecule has 9 heteroatoms. The number of piperazine rings is 1. The van der Waals surface area contributed by atoms with Gasteiger partial charge in [-0.2, -0.15) is 4.98 Å². The molecule has 3 aromatic rings. The van der Waals surface area contributed by atoms with E-state index >= 15 is 0 Å². The molecule has 1 atom stereocenters. The molecule has 2 N–H and O–H groups in total. The van der Waals surface area contributed by atoms with Crippen LogP contribution in [0.1, 0.15) is 16.6 Å². The minimum atomic E-state index is 0.000466. The molecule has 0 radical (unpaired) electrons. The molecule has 8 nitrogen and oxygen atoms in total. The molecular formula is C18H20N6O2S. The number of nitrogen functional groups attached to an aromatic ring is 1. The number of fused-ring (bicyclic) bond motifs is 1. The number of anilines is 2. The third-order valence-electron chi connectivity index (χ3n) is 4.70. The van der Waals surface area contributed by atoms with E-state index in [-0.39, 0.29) is 17.9 Å². The number of nitrogens with zero attached hydrogens (tertiary/aromatic N) is 5. The van der Waals surface area contributed by atoms with Gasteiger partial charge in [-0.1, -0.05) is 0 Å². The second kappa shape index (κ2) is 6.99. The number of methoxy groups -OCH3 is 1. The lowest BCUT2D eigenvalue weighted by molar-refractivity contribution is 0.0679. The van der Waals surface area contributed by atoms with Crippen LogP contribution in [0.25, 0.3) is 10.2 Å². The molecule has 4 rings (SSSR count). The van der Waals surface area contributed by atoms with E-state index in [1.807, 2.05) is 17.0 Å². The fourth-order valence-electron chi connectivity index (χ4n) is 3.36. The van der Waals surface area contributed by atoms with Crippen LogP contribution in [0.5, 0.6) is 5.88 Å². The Hall–Kier alpha value is -2.94. The molecule has 140 valence electrons. The highest BCUT2D eigenvalue weighted by Crippen LogP contribution is 2.32. The van der Waals surface area contributed by atoms with Crippen LogP contribution in [0.15, 0.2) is 30.6 Å². The topological polar surface area (TPSA) is 97.5 Å². The fourth-order valence-corrected chi connectivity index (χ4v) is 4.35. The van der Waals surface area contributed by atoms with Crippen molar-refractivity contribution in [3.63, 3.8) is 0 Å². The average Bonchev–Trinajstić information content (AvgIpc) is 3.11. The van der Waals surface area contributed by atoms with Gasteiger partial charge in [0.05, 0.1) is 17.4 Å². The van der Waals surface area contributed by atoms with E-state index in [1.54, 1.807) is 18.5 Å². The summed E-state index contributed by atoms with van der Waals surface area (Å²) < 4.78 is 5.27. The number of nitrogens with two attached hydrogens (primary N) is 1. The van der Waals surface area contributed by atoms with Crippen LogP contribution in [0, 0.1) is 0 Å². The van der Waals surface area contributed by atoms with Gasteiger partial charge >= 0.3 is 0 Å². The van der Waals surface area contributed by atoms with Crippen molar-refractivity contribution in [2.75, 3.05) is 37.4 Å². The molecule has 4 heterocycles. The zero-order valence-electron chi connectivity index (χ0n) is 15.1. The van der Waals surface area contributed by atoms with E-state index < -0.39 is 0 Å². The lowest BCUT2D eigenvalue weighted by Crippen LogP contribution is -2.54. The van der Waals surface area contributed by atoms with Crippen LogP contribution in [-0.2, 0) is 0 Å². The first kappa shape index (κ1) is 17.5. The van der Waals surface area contributed by atoms with Crippen molar-refractivity contribution in [1.29, 1.82) is 0 Å². The maximum atomic E-state index is 13.1. The summed E-state index contributed by atoms with van der Waals surface area (Å²) in [5, 5.41) is 0.711. The van der Waals surface area contributed by atoms with E-state index in [0.717, 1.165) is 18.8 Å². The van der Waals surface area contributed by atoms with Crippen molar-refractivity contribution in [2.45, 2.75) is 13.0 Å². The highest BCUT2D eigenvalue weighted by molar-refractivity contribution is 7.20. The second-order valence-corrected chi connectivity index (χ2v) is 7.45. The van der Waals surface area contributed by atoms with Crippen LogP contribution in [-0.4, -0.2) is 58.5 Å². The molecule has 0 spiro atoms. The fraction of sp³-hybridized carbons (Fsp3) is 0.333. The van der Waals surface area contributed by atoms with Crippen LogP contribution >= 0.6 is 11.3 Å². The Labute approximate surface area is 160 Å². The van der Waals surface area contributed by atoms with Gasteiger partial charge in [-0.15, -0.1) is 11.3 Å². The molecule has 1 amide bonds. The lowest BCUT2D eigenvalue weighted by atomic mass is 10.1. The Morgan fingerprint density at radius 2 is 2.07 bits per heavy atom. The largest absolute Gasteiger partial charge is 0.480 e. The zero-order chi connectivity index (χ0) is 19.0. The van der Waals surface area contributed by atoms with Crippen LogP contribution in [0.3, 0.4) is 0 Å². The SMILES string of the molecule is COc1nc(N)nc2sc(C(=O)N3CCN(c4ccncc4)CC3C)cc12. The molecule has 1 aliphatic rings. The van der Waals surface area contributed by atoms with Crippen LogP contribution in [0.4, 0.5) is 11.6 Å². The number of carbonyl (C=O) groups is 1. The minimum absolute atomic E-state index is 0.000466. The van der Waals surface area contributed by atoms with E-state index in [9.17, 15) is 4.79 Å². The maximum absolute atomic E-state index is 13.1. The normalized spacial score (nSPS) is 17.3. The molecular weight excluding hydrogens is 364 g/mol. The third kappa shape index (κ3) is 3.25. The minimum Gasteiger partial charge on any atom is -0.480 e. The summed E-state index contributed by atoms with van der Waals surface area (Å²) in [5.41, 5.74) is 6.85. The van der Waals surface area contributed by atoms with E-state index in [2.05, 4.69) is 26.8 Å². The summed E-state index contributed by atoms with van der Waals surface area (Å²) >= 11 is 1.32. The summed E-state index contributed by atoms with van der Waals surface area (Å²) in [7, 11) is 1.53. The molecule has 1 fully saturated rings. The first-order chi connectivity index (χ1) is 13.1. The maximum Gasteiger partial charge on any atom is 0.264 e. The number of aromatic nitrogens is 3. The number of carbonyl (C=O) groups excluding carboxylic acids is 1.